The van der Waals surface area contributed by atoms with E-state index in [9.17, 15) is 9.59 Å². The number of ether oxygens (including phenoxy) is 1. The molecule has 0 fully saturated rings. The van der Waals surface area contributed by atoms with Crippen LogP contribution in [0.15, 0.2) is 9.95 Å². The van der Waals surface area contributed by atoms with Gasteiger partial charge in [-0.05, 0) is 33.7 Å². The van der Waals surface area contributed by atoms with Gasteiger partial charge in [-0.3, -0.25) is 9.36 Å². The van der Waals surface area contributed by atoms with Crippen LogP contribution < -0.4 is 11.0 Å². The number of carbonyl (C=O) groups excluding carboxylic acids is 1. The zero-order valence-electron chi connectivity index (χ0n) is 13.1. The average Bonchev–Trinajstić information content (AvgIpc) is 2.79. The Balaban J connectivity index is 2.65. The predicted octanol–water partition coefficient (Wildman–Crippen LogP) is 1.00. The van der Waals surface area contributed by atoms with Crippen LogP contribution in [0.1, 0.15) is 34.1 Å². The maximum absolute atomic E-state index is 12.1. The van der Waals surface area contributed by atoms with Crippen molar-refractivity contribution < 1.29 is 9.53 Å². The average molecular weight is 316 g/mol. The zero-order chi connectivity index (χ0) is 15.9. The van der Waals surface area contributed by atoms with Gasteiger partial charge in [0.15, 0.2) is 5.16 Å². The van der Waals surface area contributed by atoms with E-state index < -0.39 is 5.54 Å². The molecule has 0 saturated carbocycles. The van der Waals surface area contributed by atoms with Gasteiger partial charge in [0, 0.05) is 12.3 Å². The summed E-state index contributed by atoms with van der Waals surface area (Å²) in [6.45, 7) is 9.09. The minimum absolute atomic E-state index is 0.208. The molecule has 0 radical (unpaired) electrons. The third-order valence-corrected chi connectivity index (χ3v) is 4.14. The number of esters is 1. The maximum Gasteiger partial charge on any atom is 0.343 e. The first-order chi connectivity index (χ1) is 9.98. The summed E-state index contributed by atoms with van der Waals surface area (Å²) in [6, 6.07) is 0. The van der Waals surface area contributed by atoms with Crippen molar-refractivity contribution in [2.75, 3.05) is 18.9 Å². The molecule has 0 aliphatic rings. The normalized spacial score (nSPS) is 13.9. The number of nitrogens with one attached hydrogen (secondary N) is 2. The Kier molecular flexibility index (Phi) is 6.97. The molecular weight excluding hydrogens is 292 g/mol. The highest BCUT2D eigenvalue weighted by molar-refractivity contribution is 7.99. The van der Waals surface area contributed by atoms with E-state index in [1.807, 2.05) is 20.8 Å². The molecular formula is C13H24N4O3S. The summed E-state index contributed by atoms with van der Waals surface area (Å²) in [7, 11) is 0. The van der Waals surface area contributed by atoms with Crippen LogP contribution in [0.25, 0.3) is 0 Å². The summed E-state index contributed by atoms with van der Waals surface area (Å²) >= 11 is 1.45. The van der Waals surface area contributed by atoms with Gasteiger partial charge in [-0.25, -0.2) is 9.89 Å². The summed E-state index contributed by atoms with van der Waals surface area (Å²) in [5, 5.41) is 10.2. The number of hydrogen-bond donors (Lipinski definition) is 2. The Hall–Kier alpha value is -1.28. The fourth-order valence-corrected chi connectivity index (χ4v) is 3.15. The van der Waals surface area contributed by atoms with Crippen molar-refractivity contribution in [1.82, 2.24) is 20.1 Å². The van der Waals surface area contributed by atoms with E-state index in [-0.39, 0.29) is 11.7 Å². The van der Waals surface area contributed by atoms with Gasteiger partial charge in [0.1, 0.15) is 5.54 Å². The van der Waals surface area contributed by atoms with Crippen LogP contribution in [0.3, 0.4) is 0 Å². The first-order valence-corrected chi connectivity index (χ1v) is 8.17. The van der Waals surface area contributed by atoms with Gasteiger partial charge in [0.25, 0.3) is 0 Å². The van der Waals surface area contributed by atoms with Crippen molar-refractivity contribution in [2.45, 2.75) is 51.4 Å². The van der Waals surface area contributed by atoms with Crippen LogP contribution in [0, 0.1) is 0 Å². The lowest BCUT2D eigenvalue weighted by atomic mass is 9.99. The van der Waals surface area contributed by atoms with E-state index in [1.165, 1.54) is 11.8 Å². The molecule has 0 spiro atoms. The molecule has 1 rings (SSSR count). The Morgan fingerprint density at radius 3 is 2.76 bits per heavy atom. The van der Waals surface area contributed by atoms with Crippen LogP contribution in [0.2, 0.25) is 0 Å². The Morgan fingerprint density at radius 2 is 2.19 bits per heavy atom. The standard InChI is InChI=1S/C13H24N4O3S/c1-5-14-13(4,10(18)20-7-3)8-9-21-12-16-15-11(19)17(12)6-2/h14H,5-9H2,1-4H3,(H,15,19). The van der Waals surface area contributed by atoms with Crippen molar-refractivity contribution >= 4 is 17.7 Å². The van der Waals surface area contributed by atoms with Gasteiger partial charge >= 0.3 is 11.7 Å². The SMILES string of the molecule is CCNC(C)(CCSc1n[nH]c(=O)n1CC)C(=O)OCC. The Labute approximate surface area is 128 Å². The summed E-state index contributed by atoms with van der Waals surface area (Å²) in [6.07, 6.45) is 0.592. The molecule has 0 aliphatic carbocycles. The zero-order valence-corrected chi connectivity index (χ0v) is 13.9. The number of nitrogens with zero attached hydrogens (tertiary/aromatic N) is 2. The largest absolute Gasteiger partial charge is 0.465 e. The van der Waals surface area contributed by atoms with Crippen molar-refractivity contribution in [2.24, 2.45) is 0 Å². The maximum atomic E-state index is 12.1. The second kappa shape index (κ2) is 8.23. The van der Waals surface area contributed by atoms with Gasteiger partial charge in [0.05, 0.1) is 6.61 Å². The third kappa shape index (κ3) is 4.60. The minimum atomic E-state index is -0.717. The highest BCUT2D eigenvalue weighted by atomic mass is 32.2. The molecule has 8 heteroatoms. The minimum Gasteiger partial charge on any atom is -0.465 e. The van der Waals surface area contributed by atoms with Crippen LogP contribution in [-0.2, 0) is 16.1 Å². The number of hydrogen-bond acceptors (Lipinski definition) is 6. The van der Waals surface area contributed by atoms with E-state index in [2.05, 4.69) is 15.5 Å². The van der Waals surface area contributed by atoms with Gasteiger partial charge < -0.3 is 10.1 Å². The van der Waals surface area contributed by atoms with Crippen LogP contribution in [0.4, 0.5) is 0 Å². The molecule has 21 heavy (non-hydrogen) atoms. The lowest BCUT2D eigenvalue weighted by Crippen LogP contribution is -2.50. The highest BCUT2D eigenvalue weighted by Gasteiger charge is 2.33. The first kappa shape index (κ1) is 17.8. The summed E-state index contributed by atoms with van der Waals surface area (Å²) < 4.78 is 6.69. The Morgan fingerprint density at radius 1 is 1.48 bits per heavy atom. The molecule has 0 bridgehead atoms. The highest BCUT2D eigenvalue weighted by Crippen LogP contribution is 2.20. The molecule has 1 atom stereocenters. The van der Waals surface area contributed by atoms with Crippen molar-refractivity contribution in [3.8, 4) is 0 Å². The fraction of sp³-hybridized carbons (Fsp3) is 0.769. The van der Waals surface area contributed by atoms with Gasteiger partial charge in [-0.1, -0.05) is 18.7 Å². The second-order valence-corrected chi connectivity index (χ2v) is 5.80. The monoisotopic (exact) mass is 316 g/mol. The molecule has 1 unspecified atom stereocenters. The van der Waals surface area contributed by atoms with Crippen LogP contribution >= 0.6 is 11.8 Å². The molecule has 0 amide bonds. The van der Waals surface area contributed by atoms with Gasteiger partial charge in [-0.15, -0.1) is 5.10 Å². The van der Waals surface area contributed by atoms with Crippen molar-refractivity contribution in [3.63, 3.8) is 0 Å². The quantitative estimate of drug-likeness (QED) is 0.522. The van der Waals surface area contributed by atoms with Gasteiger partial charge in [0.2, 0.25) is 0 Å². The van der Waals surface area contributed by atoms with E-state index in [1.54, 1.807) is 11.5 Å². The van der Waals surface area contributed by atoms with E-state index in [4.69, 9.17) is 4.74 Å². The number of likely N-dealkylation sites (N-methyl/N-ethyl adjacent to an activating group) is 1. The predicted molar refractivity (Wildman–Crippen MR) is 82.6 cm³/mol. The molecule has 2 N–H and O–H groups in total. The number of thioether (sulfide) groups is 1. The summed E-state index contributed by atoms with van der Waals surface area (Å²) in [5.74, 6) is 0.412. The number of carbonyl (C=O) groups is 1. The van der Waals surface area contributed by atoms with E-state index >= 15 is 0 Å². The number of aromatic nitrogens is 3. The van der Waals surface area contributed by atoms with Gasteiger partial charge in [-0.2, -0.15) is 0 Å². The van der Waals surface area contributed by atoms with Crippen LogP contribution in [-0.4, -0.2) is 45.2 Å². The lowest BCUT2D eigenvalue weighted by molar-refractivity contribution is -0.150. The smallest absolute Gasteiger partial charge is 0.343 e. The summed E-state index contributed by atoms with van der Waals surface area (Å²) in [5.41, 5.74) is -0.925. The van der Waals surface area contributed by atoms with Crippen molar-refractivity contribution in [3.05, 3.63) is 10.5 Å². The second-order valence-electron chi connectivity index (χ2n) is 4.74. The fourth-order valence-electron chi connectivity index (χ4n) is 1.98. The molecule has 120 valence electrons. The van der Waals surface area contributed by atoms with E-state index in [0.717, 1.165) is 0 Å². The Bertz CT molecular complexity index is 514. The third-order valence-electron chi connectivity index (χ3n) is 3.17. The molecule has 0 saturated heterocycles. The number of rotatable bonds is 9. The number of aromatic amines is 1. The lowest BCUT2D eigenvalue weighted by Gasteiger charge is -2.27. The molecule has 0 aliphatic heterocycles. The van der Waals surface area contributed by atoms with Crippen LogP contribution in [0.5, 0.6) is 0 Å². The molecule has 7 nitrogen and oxygen atoms in total. The van der Waals surface area contributed by atoms with E-state index in [0.29, 0.717) is 37.0 Å². The summed E-state index contributed by atoms with van der Waals surface area (Å²) in [4.78, 5) is 23.5. The molecule has 1 aromatic heterocycles. The number of H-pyrrole nitrogens is 1. The van der Waals surface area contributed by atoms with Crippen molar-refractivity contribution in [1.29, 1.82) is 0 Å². The molecule has 1 aromatic rings. The first-order valence-electron chi connectivity index (χ1n) is 7.18. The molecule has 1 heterocycles. The topological polar surface area (TPSA) is 89.0 Å². The molecule has 0 aromatic carbocycles.